The Kier molecular flexibility index (Phi) is 7.38. The van der Waals surface area contributed by atoms with E-state index in [2.05, 4.69) is 0 Å². The average molecular weight is 407 g/mol. The van der Waals surface area contributed by atoms with Crippen molar-refractivity contribution >= 4 is 12.2 Å². The molecule has 1 aromatic carbocycles. The quantitative estimate of drug-likeness (QED) is 0.675. The smallest absolute Gasteiger partial charge is 0.415 e. The van der Waals surface area contributed by atoms with E-state index in [4.69, 9.17) is 14.2 Å². The zero-order valence-electron chi connectivity index (χ0n) is 18.8. The first-order chi connectivity index (χ1) is 13.5. The molecule has 7 nitrogen and oxygen atoms in total. The number of fused-ring (bicyclic) bond motifs is 1. The standard InChI is InChI=1S/C22H34N2O5/c1-13(2)23(14(3)4)21(25)28-17-11-19-18(9-10-27-19)20(12-17)29-22(26)24(15(5)6)16(7)8/h11-16H,9-10H2,1-8H3. The third-order valence-electron chi connectivity index (χ3n) is 4.80. The molecule has 1 aliphatic rings. The van der Waals surface area contributed by atoms with Crippen LogP contribution >= 0.6 is 0 Å². The molecule has 0 N–H and O–H groups in total. The minimum absolute atomic E-state index is 0.00143. The molecule has 0 bridgehead atoms. The van der Waals surface area contributed by atoms with Crippen LogP contribution in [0.2, 0.25) is 0 Å². The Morgan fingerprint density at radius 2 is 1.31 bits per heavy atom. The van der Waals surface area contributed by atoms with Crippen molar-refractivity contribution in [3.63, 3.8) is 0 Å². The maximum Gasteiger partial charge on any atom is 0.415 e. The highest BCUT2D eigenvalue weighted by molar-refractivity contribution is 5.74. The second-order valence-electron chi connectivity index (χ2n) is 8.42. The van der Waals surface area contributed by atoms with Gasteiger partial charge in [0.15, 0.2) is 0 Å². The van der Waals surface area contributed by atoms with Crippen LogP contribution in [0.3, 0.4) is 0 Å². The van der Waals surface area contributed by atoms with Gasteiger partial charge < -0.3 is 24.0 Å². The van der Waals surface area contributed by atoms with Crippen molar-refractivity contribution in [1.82, 2.24) is 9.80 Å². The Hall–Kier alpha value is -2.44. The minimum atomic E-state index is -0.448. The van der Waals surface area contributed by atoms with Gasteiger partial charge in [0, 0.05) is 48.3 Å². The topological polar surface area (TPSA) is 68.3 Å². The molecular formula is C22H34N2O5. The summed E-state index contributed by atoms with van der Waals surface area (Å²) in [5.74, 6) is 1.25. The number of nitrogens with zero attached hydrogens (tertiary/aromatic N) is 2. The van der Waals surface area contributed by atoms with Gasteiger partial charge >= 0.3 is 12.2 Å². The fourth-order valence-corrected chi connectivity index (χ4v) is 3.72. The SMILES string of the molecule is CC(C)N(C(=O)Oc1cc2c(c(OC(=O)N(C(C)C)C(C)C)c1)CCO2)C(C)C. The molecule has 162 valence electrons. The first kappa shape index (κ1) is 22.8. The van der Waals surface area contributed by atoms with Crippen molar-refractivity contribution in [2.45, 2.75) is 86.0 Å². The summed E-state index contributed by atoms with van der Waals surface area (Å²) in [6, 6.07) is 3.27. The average Bonchev–Trinajstić information content (AvgIpc) is 3.01. The number of hydrogen-bond acceptors (Lipinski definition) is 5. The lowest BCUT2D eigenvalue weighted by atomic mass is 10.1. The predicted octanol–water partition coefficient (Wildman–Crippen LogP) is 4.86. The van der Waals surface area contributed by atoms with Crippen molar-refractivity contribution < 1.29 is 23.8 Å². The maximum atomic E-state index is 12.8. The predicted molar refractivity (Wildman–Crippen MR) is 112 cm³/mol. The molecule has 29 heavy (non-hydrogen) atoms. The third kappa shape index (κ3) is 5.34. The van der Waals surface area contributed by atoms with E-state index in [-0.39, 0.29) is 24.2 Å². The van der Waals surface area contributed by atoms with Crippen molar-refractivity contribution in [2.24, 2.45) is 0 Å². The van der Waals surface area contributed by atoms with Crippen LogP contribution in [-0.2, 0) is 6.42 Å². The highest BCUT2D eigenvalue weighted by atomic mass is 16.6. The lowest BCUT2D eigenvalue weighted by Gasteiger charge is -2.30. The second-order valence-corrected chi connectivity index (χ2v) is 8.42. The number of amides is 2. The molecule has 1 aromatic rings. The third-order valence-corrected chi connectivity index (χ3v) is 4.80. The van der Waals surface area contributed by atoms with Gasteiger partial charge in [-0.15, -0.1) is 0 Å². The Morgan fingerprint density at radius 1 is 0.828 bits per heavy atom. The molecule has 0 radical (unpaired) electrons. The minimum Gasteiger partial charge on any atom is -0.493 e. The molecule has 0 saturated carbocycles. The number of carbonyl (C=O) groups excluding carboxylic acids is 2. The number of rotatable bonds is 6. The van der Waals surface area contributed by atoms with Gasteiger partial charge in [-0.25, -0.2) is 9.59 Å². The number of carbonyl (C=O) groups is 2. The number of benzene rings is 1. The summed E-state index contributed by atoms with van der Waals surface area (Å²) >= 11 is 0. The summed E-state index contributed by atoms with van der Waals surface area (Å²) in [5, 5.41) is 0. The van der Waals surface area contributed by atoms with Crippen LogP contribution in [-0.4, -0.2) is 52.8 Å². The summed E-state index contributed by atoms with van der Waals surface area (Å²) in [7, 11) is 0. The van der Waals surface area contributed by atoms with E-state index in [1.165, 1.54) is 0 Å². The molecule has 1 heterocycles. The number of hydrogen-bond donors (Lipinski definition) is 0. The molecule has 7 heteroatoms. The molecular weight excluding hydrogens is 372 g/mol. The van der Waals surface area contributed by atoms with Gasteiger partial charge in [-0.05, 0) is 55.4 Å². The molecule has 2 rings (SSSR count). The Bertz CT molecular complexity index is 727. The van der Waals surface area contributed by atoms with Crippen LogP contribution in [0, 0.1) is 0 Å². The Balaban J connectivity index is 2.30. The number of ether oxygens (including phenoxy) is 3. The second kappa shape index (κ2) is 9.37. The Morgan fingerprint density at radius 3 is 1.79 bits per heavy atom. The Labute approximate surface area is 173 Å². The summed E-state index contributed by atoms with van der Waals surface area (Å²) in [4.78, 5) is 28.7. The molecule has 0 atom stereocenters. The summed E-state index contributed by atoms with van der Waals surface area (Å²) in [6.45, 7) is 16.0. The molecule has 1 aliphatic heterocycles. The molecule has 0 unspecified atom stereocenters. The molecule has 0 aliphatic carbocycles. The van der Waals surface area contributed by atoms with E-state index in [1.54, 1.807) is 21.9 Å². The summed E-state index contributed by atoms with van der Waals surface area (Å²) in [6.07, 6.45) is -0.241. The lowest BCUT2D eigenvalue weighted by Crippen LogP contribution is -2.44. The first-order valence-corrected chi connectivity index (χ1v) is 10.3. The van der Waals surface area contributed by atoms with Gasteiger partial charge in [0.1, 0.15) is 17.2 Å². The van der Waals surface area contributed by atoms with Gasteiger partial charge in [0.2, 0.25) is 0 Å². The molecule has 0 saturated heterocycles. The van der Waals surface area contributed by atoms with Crippen LogP contribution in [0.25, 0.3) is 0 Å². The van der Waals surface area contributed by atoms with Gasteiger partial charge in [-0.1, -0.05) is 0 Å². The van der Waals surface area contributed by atoms with E-state index in [0.717, 1.165) is 5.56 Å². The first-order valence-electron chi connectivity index (χ1n) is 10.3. The molecule has 0 aromatic heterocycles. The monoisotopic (exact) mass is 406 g/mol. The largest absolute Gasteiger partial charge is 0.493 e. The van der Waals surface area contributed by atoms with Gasteiger partial charge in [-0.3, -0.25) is 0 Å². The van der Waals surface area contributed by atoms with E-state index in [0.29, 0.717) is 30.3 Å². The van der Waals surface area contributed by atoms with Crippen LogP contribution in [0.1, 0.15) is 61.0 Å². The van der Waals surface area contributed by atoms with E-state index in [1.807, 2.05) is 55.4 Å². The molecule has 0 spiro atoms. The van der Waals surface area contributed by atoms with Crippen molar-refractivity contribution in [3.8, 4) is 17.2 Å². The fourth-order valence-electron chi connectivity index (χ4n) is 3.72. The summed E-state index contributed by atoms with van der Waals surface area (Å²) < 4.78 is 17.0. The van der Waals surface area contributed by atoms with E-state index >= 15 is 0 Å². The zero-order valence-corrected chi connectivity index (χ0v) is 18.8. The van der Waals surface area contributed by atoms with Crippen molar-refractivity contribution in [1.29, 1.82) is 0 Å². The highest BCUT2D eigenvalue weighted by Crippen LogP contribution is 2.38. The van der Waals surface area contributed by atoms with E-state index < -0.39 is 12.2 Å². The summed E-state index contributed by atoms with van der Waals surface area (Å²) in [5.41, 5.74) is 0.815. The van der Waals surface area contributed by atoms with Crippen LogP contribution in [0.4, 0.5) is 9.59 Å². The van der Waals surface area contributed by atoms with Crippen molar-refractivity contribution in [2.75, 3.05) is 6.61 Å². The normalized spacial score (nSPS) is 13.0. The fraction of sp³-hybridized carbons (Fsp3) is 0.636. The molecule has 0 fully saturated rings. The van der Waals surface area contributed by atoms with Gasteiger partial charge in [0.25, 0.3) is 0 Å². The lowest BCUT2D eigenvalue weighted by molar-refractivity contribution is 0.121. The van der Waals surface area contributed by atoms with Gasteiger partial charge in [0.05, 0.1) is 6.61 Å². The maximum absolute atomic E-state index is 12.8. The van der Waals surface area contributed by atoms with Gasteiger partial charge in [-0.2, -0.15) is 0 Å². The van der Waals surface area contributed by atoms with Crippen LogP contribution in [0.15, 0.2) is 12.1 Å². The van der Waals surface area contributed by atoms with Crippen molar-refractivity contribution in [3.05, 3.63) is 17.7 Å². The molecule has 2 amide bonds. The van der Waals surface area contributed by atoms with Crippen LogP contribution in [0.5, 0.6) is 17.2 Å². The highest BCUT2D eigenvalue weighted by Gasteiger charge is 2.28. The zero-order chi connectivity index (χ0) is 21.9. The van der Waals surface area contributed by atoms with E-state index in [9.17, 15) is 9.59 Å². The van der Waals surface area contributed by atoms with Crippen LogP contribution < -0.4 is 14.2 Å².